The molecule has 0 spiro atoms. The topological polar surface area (TPSA) is 81.4 Å². The number of H-pyrrole nitrogens is 1. The molecule has 2 aromatic carbocycles. The number of nitrogens with one attached hydrogen (secondary N) is 1. The number of aromatic amines is 1. The molecule has 0 aliphatic carbocycles. The number of rotatable bonds is 11. The molecule has 0 saturated heterocycles. The van der Waals surface area contributed by atoms with Crippen molar-refractivity contribution in [2.75, 3.05) is 0 Å². The second-order valence-corrected chi connectivity index (χ2v) is 9.32. The van der Waals surface area contributed by atoms with E-state index in [1.165, 1.54) is 19.3 Å². The van der Waals surface area contributed by atoms with E-state index in [9.17, 15) is 4.79 Å². The summed E-state index contributed by atoms with van der Waals surface area (Å²) in [6, 6.07) is 16.5. The molecule has 0 aliphatic heterocycles. The Morgan fingerprint density at radius 3 is 2.41 bits per heavy atom. The van der Waals surface area contributed by atoms with Crippen molar-refractivity contribution in [2.24, 2.45) is 5.92 Å². The first-order valence-corrected chi connectivity index (χ1v) is 12.3. The van der Waals surface area contributed by atoms with Gasteiger partial charge in [0.1, 0.15) is 0 Å². The van der Waals surface area contributed by atoms with E-state index in [0.29, 0.717) is 18.3 Å². The number of aromatic nitrogens is 6. The highest BCUT2D eigenvalue weighted by Crippen LogP contribution is 2.29. The van der Waals surface area contributed by atoms with Gasteiger partial charge in [-0.15, -0.1) is 10.2 Å². The maximum atomic E-state index is 13.2. The average Bonchev–Trinajstić information content (AvgIpc) is 3.47. The fraction of sp³-hybridized carbons (Fsp3) is 0.407. The molecule has 0 aliphatic rings. The fourth-order valence-corrected chi connectivity index (χ4v) is 4.39. The van der Waals surface area contributed by atoms with E-state index in [0.717, 1.165) is 47.3 Å². The molecule has 0 fully saturated rings. The highest BCUT2D eigenvalue weighted by molar-refractivity contribution is 5.80. The normalized spacial score (nSPS) is 11.4. The number of hydrogen-bond donors (Lipinski definition) is 1. The van der Waals surface area contributed by atoms with Crippen LogP contribution >= 0.6 is 0 Å². The molecule has 2 heterocycles. The van der Waals surface area contributed by atoms with Crippen LogP contribution in [0, 0.1) is 5.92 Å². The predicted molar refractivity (Wildman–Crippen MR) is 136 cm³/mol. The van der Waals surface area contributed by atoms with E-state index in [-0.39, 0.29) is 5.69 Å². The van der Waals surface area contributed by atoms with E-state index in [1.807, 2.05) is 27.3 Å². The lowest BCUT2D eigenvalue weighted by Crippen LogP contribution is -2.26. The van der Waals surface area contributed by atoms with Crippen LogP contribution < -0.4 is 5.69 Å². The van der Waals surface area contributed by atoms with Gasteiger partial charge in [-0.05, 0) is 40.7 Å². The number of benzene rings is 2. The SMILES string of the molecule is CCCCCCc1cn(CC(C)C)c(=O)n1Cc1ccc(-c2ccccc2-c2nn[nH]n2)cc1. The zero-order valence-electron chi connectivity index (χ0n) is 20.4. The maximum absolute atomic E-state index is 13.2. The van der Waals surface area contributed by atoms with Crippen molar-refractivity contribution in [3.8, 4) is 22.5 Å². The molecule has 0 unspecified atom stereocenters. The predicted octanol–water partition coefficient (Wildman–Crippen LogP) is 5.32. The lowest BCUT2D eigenvalue weighted by Gasteiger charge is -2.10. The molecule has 2 aromatic heterocycles. The van der Waals surface area contributed by atoms with Crippen LogP contribution in [-0.2, 0) is 19.5 Å². The minimum atomic E-state index is 0.0886. The van der Waals surface area contributed by atoms with Crippen LogP contribution in [0.3, 0.4) is 0 Å². The summed E-state index contributed by atoms with van der Waals surface area (Å²) in [5, 5.41) is 14.5. The third-order valence-electron chi connectivity index (χ3n) is 6.10. The van der Waals surface area contributed by atoms with E-state index in [4.69, 9.17) is 0 Å². The number of nitrogens with zero attached hydrogens (tertiary/aromatic N) is 5. The maximum Gasteiger partial charge on any atom is 0.328 e. The highest BCUT2D eigenvalue weighted by Gasteiger charge is 2.14. The Morgan fingerprint density at radius 2 is 1.74 bits per heavy atom. The number of aryl methyl sites for hydroxylation is 1. The second kappa shape index (κ2) is 11.1. The van der Waals surface area contributed by atoms with Gasteiger partial charge < -0.3 is 0 Å². The molecule has 7 nitrogen and oxygen atoms in total. The summed E-state index contributed by atoms with van der Waals surface area (Å²) < 4.78 is 3.84. The lowest BCUT2D eigenvalue weighted by molar-refractivity contribution is 0.503. The van der Waals surface area contributed by atoms with Crippen LogP contribution in [0.4, 0.5) is 0 Å². The van der Waals surface area contributed by atoms with Crippen LogP contribution in [0.1, 0.15) is 57.7 Å². The molecule has 0 atom stereocenters. The van der Waals surface area contributed by atoms with E-state index in [1.54, 1.807) is 0 Å². The van der Waals surface area contributed by atoms with Crippen molar-refractivity contribution in [1.29, 1.82) is 0 Å². The largest absolute Gasteiger partial charge is 0.328 e. The fourth-order valence-electron chi connectivity index (χ4n) is 4.39. The third kappa shape index (κ3) is 5.53. The van der Waals surface area contributed by atoms with Crippen LogP contribution in [-0.4, -0.2) is 29.8 Å². The molecule has 178 valence electrons. The Balaban J connectivity index is 1.58. The van der Waals surface area contributed by atoms with Crippen molar-refractivity contribution < 1.29 is 0 Å². The van der Waals surface area contributed by atoms with Crippen molar-refractivity contribution in [2.45, 2.75) is 66.0 Å². The monoisotopic (exact) mass is 458 g/mol. The minimum Gasteiger partial charge on any atom is -0.299 e. The highest BCUT2D eigenvalue weighted by atomic mass is 16.1. The number of hydrogen-bond acceptors (Lipinski definition) is 4. The lowest BCUT2D eigenvalue weighted by atomic mass is 9.98. The molecule has 0 amide bonds. The Labute approximate surface area is 200 Å². The second-order valence-electron chi connectivity index (χ2n) is 9.32. The average molecular weight is 459 g/mol. The summed E-state index contributed by atoms with van der Waals surface area (Å²) in [6.45, 7) is 7.85. The van der Waals surface area contributed by atoms with Gasteiger partial charge in [-0.2, -0.15) is 5.21 Å². The molecule has 0 bridgehead atoms. The molecule has 7 heteroatoms. The Bertz CT molecular complexity index is 1240. The van der Waals surface area contributed by atoms with Gasteiger partial charge in [0, 0.05) is 24.0 Å². The van der Waals surface area contributed by atoms with Gasteiger partial charge in [0.25, 0.3) is 0 Å². The van der Waals surface area contributed by atoms with Gasteiger partial charge in [0.15, 0.2) is 0 Å². The first kappa shape index (κ1) is 23.7. The van der Waals surface area contributed by atoms with Crippen molar-refractivity contribution in [3.05, 3.63) is 76.5 Å². The first-order valence-electron chi connectivity index (χ1n) is 12.3. The Hall–Kier alpha value is -3.48. The molecule has 34 heavy (non-hydrogen) atoms. The van der Waals surface area contributed by atoms with Gasteiger partial charge in [0.2, 0.25) is 5.82 Å². The smallest absolute Gasteiger partial charge is 0.299 e. The summed E-state index contributed by atoms with van der Waals surface area (Å²) in [6.07, 6.45) is 7.78. The zero-order chi connectivity index (χ0) is 23.9. The van der Waals surface area contributed by atoms with Gasteiger partial charge in [-0.25, -0.2) is 4.79 Å². The molecule has 0 radical (unpaired) electrons. The third-order valence-corrected chi connectivity index (χ3v) is 6.10. The van der Waals surface area contributed by atoms with Crippen molar-refractivity contribution in [1.82, 2.24) is 29.8 Å². The van der Waals surface area contributed by atoms with Gasteiger partial charge >= 0.3 is 5.69 Å². The summed E-state index contributed by atoms with van der Waals surface area (Å²) in [5.41, 5.74) is 5.39. The number of tetrazole rings is 1. The zero-order valence-corrected chi connectivity index (χ0v) is 20.4. The molecule has 4 aromatic rings. The van der Waals surface area contributed by atoms with E-state index >= 15 is 0 Å². The van der Waals surface area contributed by atoms with Crippen molar-refractivity contribution in [3.63, 3.8) is 0 Å². The van der Waals surface area contributed by atoms with Crippen LogP contribution in [0.2, 0.25) is 0 Å². The minimum absolute atomic E-state index is 0.0886. The van der Waals surface area contributed by atoms with E-state index < -0.39 is 0 Å². The Kier molecular flexibility index (Phi) is 7.72. The standard InChI is InChI=1S/C27H34N6O/c1-4-5-6-7-10-23-19-32(17-20(2)3)27(34)33(23)18-21-13-15-22(16-14-21)24-11-8-9-12-25(24)26-28-30-31-29-26/h8-9,11-16,19-20H,4-7,10,17-18H2,1-3H3,(H,28,29,30,31). The van der Waals surface area contributed by atoms with Crippen LogP contribution in [0.5, 0.6) is 0 Å². The van der Waals surface area contributed by atoms with Crippen LogP contribution in [0.25, 0.3) is 22.5 Å². The summed E-state index contributed by atoms with van der Waals surface area (Å²) in [7, 11) is 0. The van der Waals surface area contributed by atoms with E-state index in [2.05, 4.69) is 77.9 Å². The van der Waals surface area contributed by atoms with Gasteiger partial charge in [-0.3, -0.25) is 9.13 Å². The number of imidazole rings is 1. The van der Waals surface area contributed by atoms with Crippen molar-refractivity contribution >= 4 is 0 Å². The Morgan fingerprint density at radius 1 is 0.971 bits per heavy atom. The number of unbranched alkanes of at least 4 members (excludes halogenated alkanes) is 3. The van der Waals surface area contributed by atoms with Gasteiger partial charge in [0.05, 0.1) is 6.54 Å². The molecular formula is C27H34N6O. The molecule has 4 rings (SSSR count). The first-order chi connectivity index (χ1) is 16.6. The quantitative estimate of drug-likeness (QED) is 0.308. The molecule has 1 N–H and O–H groups in total. The summed E-state index contributed by atoms with van der Waals surface area (Å²) in [5.74, 6) is 1.01. The van der Waals surface area contributed by atoms with Gasteiger partial charge in [-0.1, -0.05) is 88.6 Å². The molecule has 0 saturated carbocycles. The van der Waals surface area contributed by atoms with Crippen LogP contribution in [0.15, 0.2) is 59.5 Å². The summed E-state index contributed by atoms with van der Waals surface area (Å²) >= 11 is 0. The summed E-state index contributed by atoms with van der Waals surface area (Å²) in [4.78, 5) is 13.2. The molecular weight excluding hydrogens is 424 g/mol.